The van der Waals surface area contributed by atoms with Crippen LogP contribution in [0.3, 0.4) is 0 Å². The summed E-state index contributed by atoms with van der Waals surface area (Å²) >= 11 is 1.44. The maximum atomic E-state index is 12.9. The van der Waals surface area contributed by atoms with E-state index in [1.807, 2.05) is 45.0 Å². The fraction of sp³-hybridized carbons (Fsp3) is 0.478. The third kappa shape index (κ3) is 5.39. The van der Waals surface area contributed by atoms with Crippen LogP contribution in [-0.4, -0.2) is 53.7 Å². The monoisotopic (exact) mass is 453 g/mol. The molecular formula is C23H31N7OS. The van der Waals surface area contributed by atoms with Crippen molar-refractivity contribution in [1.82, 2.24) is 29.4 Å². The Hall–Kier alpha value is -2.65. The molecule has 1 N–H and O–H groups in total. The number of anilines is 1. The molecule has 3 heterocycles. The number of nitrogens with one attached hydrogen (secondary N) is 1. The third-order valence-corrected chi connectivity index (χ3v) is 6.68. The zero-order valence-corrected chi connectivity index (χ0v) is 19.8. The van der Waals surface area contributed by atoms with Crippen molar-refractivity contribution in [1.29, 1.82) is 0 Å². The van der Waals surface area contributed by atoms with E-state index in [0.29, 0.717) is 12.4 Å². The number of likely N-dealkylation sites (tertiary alicyclic amines) is 1. The molecule has 2 aromatic heterocycles. The summed E-state index contributed by atoms with van der Waals surface area (Å²) in [5, 5.41) is 16.7. The minimum absolute atomic E-state index is 0.0762. The van der Waals surface area contributed by atoms with Crippen LogP contribution < -0.4 is 5.32 Å². The molecule has 0 spiro atoms. The van der Waals surface area contributed by atoms with Gasteiger partial charge in [-0.25, -0.2) is 4.68 Å². The van der Waals surface area contributed by atoms with Crippen molar-refractivity contribution >= 4 is 23.5 Å². The molecule has 1 atom stereocenters. The summed E-state index contributed by atoms with van der Waals surface area (Å²) in [4.78, 5) is 15.3. The van der Waals surface area contributed by atoms with Crippen LogP contribution in [0.15, 0.2) is 47.8 Å². The Morgan fingerprint density at radius 2 is 1.81 bits per heavy atom. The fourth-order valence-electron chi connectivity index (χ4n) is 3.85. The number of thioether (sulfide) groups is 1. The molecule has 3 aromatic rings. The predicted molar refractivity (Wildman–Crippen MR) is 127 cm³/mol. The largest absolute Gasteiger partial charge is 0.310 e. The standard InChI is InChI=1S/C23H31N7OS/c1-17(2)30-20(11-12-24-30)25-22(31)18(3)32-23-27-26-21(16-28-13-7-8-14-28)29(23)15-19-9-5-4-6-10-19/h4-6,9-12,17-18H,7-8,13-16H2,1-3H3,(H,25,31). The Morgan fingerprint density at radius 1 is 1.06 bits per heavy atom. The van der Waals surface area contributed by atoms with Gasteiger partial charge in [0.2, 0.25) is 5.91 Å². The number of nitrogens with zero attached hydrogens (tertiary/aromatic N) is 6. The molecule has 0 aliphatic carbocycles. The fourth-order valence-corrected chi connectivity index (χ4v) is 4.72. The highest BCUT2D eigenvalue weighted by Crippen LogP contribution is 2.26. The van der Waals surface area contributed by atoms with Crippen LogP contribution >= 0.6 is 11.8 Å². The van der Waals surface area contributed by atoms with E-state index in [1.54, 1.807) is 10.9 Å². The van der Waals surface area contributed by atoms with Gasteiger partial charge < -0.3 is 9.88 Å². The zero-order chi connectivity index (χ0) is 22.5. The summed E-state index contributed by atoms with van der Waals surface area (Å²) in [6.07, 6.45) is 4.17. The molecule has 1 saturated heterocycles. The van der Waals surface area contributed by atoms with Gasteiger partial charge in [0.1, 0.15) is 11.6 Å². The number of rotatable bonds is 9. The first-order valence-corrected chi connectivity index (χ1v) is 12.1. The van der Waals surface area contributed by atoms with Gasteiger partial charge in [-0.3, -0.25) is 9.69 Å². The van der Waals surface area contributed by atoms with Gasteiger partial charge >= 0.3 is 0 Å². The summed E-state index contributed by atoms with van der Waals surface area (Å²) < 4.78 is 3.96. The van der Waals surface area contributed by atoms with Crippen LogP contribution in [0.5, 0.6) is 0 Å². The van der Waals surface area contributed by atoms with Crippen molar-refractivity contribution in [2.75, 3.05) is 18.4 Å². The topological polar surface area (TPSA) is 80.9 Å². The van der Waals surface area contributed by atoms with E-state index in [0.717, 1.165) is 30.6 Å². The van der Waals surface area contributed by atoms with E-state index < -0.39 is 0 Å². The van der Waals surface area contributed by atoms with Crippen molar-refractivity contribution in [3.63, 3.8) is 0 Å². The maximum Gasteiger partial charge on any atom is 0.238 e. The molecule has 0 saturated carbocycles. The second-order valence-electron chi connectivity index (χ2n) is 8.46. The summed E-state index contributed by atoms with van der Waals surface area (Å²) in [5.74, 6) is 1.58. The van der Waals surface area contributed by atoms with E-state index in [4.69, 9.17) is 0 Å². The van der Waals surface area contributed by atoms with Gasteiger partial charge in [0.15, 0.2) is 5.16 Å². The molecule has 0 radical (unpaired) electrons. The van der Waals surface area contributed by atoms with Gasteiger partial charge in [-0.15, -0.1) is 10.2 Å². The summed E-state index contributed by atoms with van der Waals surface area (Å²) in [6, 6.07) is 12.3. The number of aromatic nitrogens is 5. The van der Waals surface area contributed by atoms with Crippen molar-refractivity contribution in [3.8, 4) is 0 Å². The lowest BCUT2D eigenvalue weighted by molar-refractivity contribution is -0.115. The number of hydrogen-bond donors (Lipinski definition) is 1. The zero-order valence-electron chi connectivity index (χ0n) is 18.9. The van der Waals surface area contributed by atoms with Crippen molar-refractivity contribution in [3.05, 3.63) is 54.0 Å². The average molecular weight is 454 g/mol. The van der Waals surface area contributed by atoms with Crippen LogP contribution in [0.1, 0.15) is 51.0 Å². The highest BCUT2D eigenvalue weighted by molar-refractivity contribution is 8.00. The SMILES string of the molecule is CC(Sc1nnc(CN2CCCC2)n1Cc1ccccc1)C(=O)Nc1ccnn1C(C)C. The highest BCUT2D eigenvalue weighted by Gasteiger charge is 2.23. The summed E-state index contributed by atoms with van der Waals surface area (Å²) in [7, 11) is 0. The lowest BCUT2D eigenvalue weighted by Crippen LogP contribution is -2.25. The van der Waals surface area contributed by atoms with Crippen LogP contribution in [0.4, 0.5) is 5.82 Å². The first kappa shape index (κ1) is 22.5. The first-order valence-electron chi connectivity index (χ1n) is 11.2. The van der Waals surface area contributed by atoms with E-state index in [2.05, 4.69) is 42.2 Å². The van der Waals surface area contributed by atoms with Crippen LogP contribution in [0.25, 0.3) is 0 Å². The minimum Gasteiger partial charge on any atom is -0.310 e. The predicted octanol–water partition coefficient (Wildman–Crippen LogP) is 3.82. The lowest BCUT2D eigenvalue weighted by Gasteiger charge is -2.17. The van der Waals surface area contributed by atoms with E-state index in [1.165, 1.54) is 30.2 Å². The molecule has 1 amide bonds. The lowest BCUT2D eigenvalue weighted by atomic mass is 10.2. The second-order valence-corrected chi connectivity index (χ2v) is 9.77. The van der Waals surface area contributed by atoms with Crippen molar-refractivity contribution < 1.29 is 4.79 Å². The van der Waals surface area contributed by atoms with Gasteiger partial charge in [-0.05, 0) is 52.3 Å². The Morgan fingerprint density at radius 3 is 2.53 bits per heavy atom. The van der Waals surface area contributed by atoms with Crippen LogP contribution in [-0.2, 0) is 17.9 Å². The highest BCUT2D eigenvalue weighted by atomic mass is 32.2. The second kappa shape index (κ2) is 10.3. The van der Waals surface area contributed by atoms with Crippen molar-refractivity contribution in [2.45, 2.75) is 63.2 Å². The third-order valence-electron chi connectivity index (χ3n) is 5.60. The van der Waals surface area contributed by atoms with Crippen LogP contribution in [0, 0.1) is 0 Å². The normalized spacial score (nSPS) is 15.4. The van der Waals surface area contributed by atoms with E-state index >= 15 is 0 Å². The molecular weight excluding hydrogens is 422 g/mol. The Kier molecular flexibility index (Phi) is 7.26. The van der Waals surface area contributed by atoms with Gasteiger partial charge in [0, 0.05) is 12.1 Å². The first-order chi connectivity index (χ1) is 15.5. The minimum atomic E-state index is -0.330. The molecule has 1 aliphatic heterocycles. The van der Waals surface area contributed by atoms with Crippen LogP contribution in [0.2, 0.25) is 0 Å². The number of carbonyl (C=O) groups is 1. The smallest absolute Gasteiger partial charge is 0.238 e. The summed E-state index contributed by atoms with van der Waals surface area (Å²) in [6.45, 7) is 9.65. The average Bonchev–Trinajstić information content (AvgIpc) is 3.53. The van der Waals surface area contributed by atoms with Crippen molar-refractivity contribution in [2.24, 2.45) is 0 Å². The summed E-state index contributed by atoms with van der Waals surface area (Å²) in [5.41, 5.74) is 1.19. The molecule has 1 fully saturated rings. The van der Waals surface area contributed by atoms with E-state index in [9.17, 15) is 4.79 Å². The van der Waals surface area contributed by atoms with Gasteiger partial charge in [-0.1, -0.05) is 42.1 Å². The number of hydrogen-bond acceptors (Lipinski definition) is 6. The molecule has 9 heteroatoms. The Bertz CT molecular complexity index is 1020. The number of benzene rings is 1. The Balaban J connectivity index is 1.50. The molecule has 1 unspecified atom stereocenters. The molecule has 1 aliphatic rings. The number of carbonyl (C=O) groups excluding carboxylic acids is 1. The Labute approximate surface area is 193 Å². The maximum absolute atomic E-state index is 12.9. The number of amides is 1. The molecule has 4 rings (SSSR count). The molecule has 170 valence electrons. The molecule has 32 heavy (non-hydrogen) atoms. The van der Waals surface area contributed by atoms with Gasteiger partial charge in [-0.2, -0.15) is 5.10 Å². The van der Waals surface area contributed by atoms with Gasteiger partial charge in [0.25, 0.3) is 0 Å². The quantitative estimate of drug-likeness (QED) is 0.496. The van der Waals surface area contributed by atoms with Gasteiger partial charge in [0.05, 0.1) is 24.5 Å². The van der Waals surface area contributed by atoms with E-state index in [-0.39, 0.29) is 17.2 Å². The molecule has 8 nitrogen and oxygen atoms in total. The molecule has 1 aromatic carbocycles. The molecule has 0 bridgehead atoms.